The van der Waals surface area contributed by atoms with Crippen molar-refractivity contribution in [2.24, 2.45) is 0 Å². The molecule has 0 atom stereocenters. The molecular formula is C52H35N5O. The van der Waals surface area contributed by atoms with Crippen molar-refractivity contribution in [1.29, 1.82) is 0 Å². The fourth-order valence-corrected chi connectivity index (χ4v) is 7.84. The fraction of sp³-hybridized carbons (Fsp3) is 0. The van der Waals surface area contributed by atoms with Gasteiger partial charge >= 0.3 is 0 Å². The minimum Gasteiger partial charge on any atom is -0.354 e. The van der Waals surface area contributed by atoms with Crippen LogP contribution in [0.5, 0.6) is 0 Å². The van der Waals surface area contributed by atoms with Gasteiger partial charge in [0.2, 0.25) is 0 Å². The SMILES string of the molecule is O=C(/C=C\C1=Cc2nc1c(-c1ccccc1)c1ccc([nH]1)c(-c1ccccc1)c1nc(c(-c3ccccc3)c3ccc([nH]3)c2-c2ccccc2)C=C1)c1cccnc1. The lowest BCUT2D eigenvalue weighted by Gasteiger charge is -2.07. The third-order valence-electron chi connectivity index (χ3n) is 10.5. The van der Waals surface area contributed by atoms with E-state index >= 15 is 0 Å². The predicted octanol–water partition coefficient (Wildman–Crippen LogP) is 12.5. The quantitative estimate of drug-likeness (QED) is 0.126. The molecule has 0 aliphatic carbocycles. The fourth-order valence-electron chi connectivity index (χ4n) is 7.84. The molecule has 0 saturated heterocycles. The molecule has 8 aromatic rings. The minimum atomic E-state index is -0.141. The highest BCUT2D eigenvalue weighted by molar-refractivity contribution is 6.09. The second-order valence-electron chi connectivity index (χ2n) is 14.1. The second-order valence-corrected chi connectivity index (χ2v) is 14.1. The number of hydrogen-bond acceptors (Lipinski definition) is 4. The first kappa shape index (κ1) is 34.5. The zero-order valence-corrected chi connectivity index (χ0v) is 31.3. The summed E-state index contributed by atoms with van der Waals surface area (Å²) in [7, 11) is 0. The van der Waals surface area contributed by atoms with Gasteiger partial charge in [0.1, 0.15) is 0 Å². The number of fused-ring (bicyclic) bond motifs is 8. The highest BCUT2D eigenvalue weighted by Gasteiger charge is 2.22. The molecule has 6 nitrogen and oxygen atoms in total. The normalized spacial score (nSPS) is 12.2. The summed E-state index contributed by atoms with van der Waals surface area (Å²) in [5.74, 6) is -0.141. The number of aromatic nitrogens is 5. The lowest BCUT2D eigenvalue weighted by atomic mass is 9.99. The van der Waals surface area contributed by atoms with Gasteiger partial charge in [-0.05, 0) is 89.0 Å². The monoisotopic (exact) mass is 745 g/mol. The van der Waals surface area contributed by atoms with Gasteiger partial charge in [0.15, 0.2) is 5.78 Å². The van der Waals surface area contributed by atoms with E-state index in [-0.39, 0.29) is 5.78 Å². The summed E-state index contributed by atoms with van der Waals surface area (Å²) in [6.45, 7) is 0. The lowest BCUT2D eigenvalue weighted by Crippen LogP contribution is -1.95. The van der Waals surface area contributed by atoms with E-state index in [0.29, 0.717) is 5.56 Å². The van der Waals surface area contributed by atoms with Crippen molar-refractivity contribution in [3.8, 4) is 44.5 Å². The van der Waals surface area contributed by atoms with Crippen molar-refractivity contribution in [2.75, 3.05) is 0 Å². The molecule has 4 aromatic heterocycles. The standard InChI is InChI=1S/C52H35N5O/c58-47(39-22-13-31-53-33-39)30-23-38-32-46-50(36-18-9-3-10-19-36)44-27-26-42(55-44)48(34-14-5-1-6-15-34)40-24-25-41(54-40)49(35-16-7-2-8-17-35)43-28-29-45(56-43)51(52(38)57-46)37-20-11-4-12-21-37/h1-33,55-56H/b30-23-,48-40?,48-42?,49-41?,49-43?,50-44?,50-46?,51-45?,52-51?. The van der Waals surface area contributed by atoms with Crippen molar-refractivity contribution < 1.29 is 4.79 Å². The first-order valence-electron chi connectivity index (χ1n) is 19.2. The third kappa shape index (κ3) is 6.48. The molecule has 0 radical (unpaired) electrons. The third-order valence-corrected chi connectivity index (χ3v) is 10.5. The minimum absolute atomic E-state index is 0.141. The number of aromatic amines is 2. The predicted molar refractivity (Wildman–Crippen MR) is 237 cm³/mol. The molecule has 2 N–H and O–H groups in total. The molecule has 6 heterocycles. The summed E-state index contributed by atoms with van der Waals surface area (Å²) in [5, 5.41) is 0. The van der Waals surface area contributed by atoms with E-state index < -0.39 is 0 Å². The zero-order chi connectivity index (χ0) is 38.8. The number of rotatable bonds is 7. The maximum Gasteiger partial charge on any atom is 0.187 e. The second kappa shape index (κ2) is 14.9. The summed E-state index contributed by atoms with van der Waals surface area (Å²) in [5.41, 5.74) is 16.1. The van der Waals surface area contributed by atoms with Crippen LogP contribution in [0.4, 0.5) is 0 Å². The van der Waals surface area contributed by atoms with Crippen molar-refractivity contribution in [1.82, 2.24) is 24.9 Å². The Morgan fingerprint density at radius 3 is 1.38 bits per heavy atom. The van der Waals surface area contributed by atoms with Crippen LogP contribution in [0.25, 0.3) is 90.4 Å². The maximum absolute atomic E-state index is 13.5. The van der Waals surface area contributed by atoms with Crippen molar-refractivity contribution >= 4 is 51.7 Å². The Morgan fingerprint density at radius 1 is 0.466 bits per heavy atom. The van der Waals surface area contributed by atoms with Gasteiger partial charge in [0.05, 0.1) is 22.8 Å². The van der Waals surface area contributed by atoms with E-state index in [9.17, 15) is 4.79 Å². The molecule has 0 saturated carbocycles. The molecule has 0 fully saturated rings. The van der Waals surface area contributed by atoms with Crippen LogP contribution in [0.2, 0.25) is 0 Å². The van der Waals surface area contributed by atoms with Gasteiger partial charge in [-0.1, -0.05) is 121 Å². The Balaban J connectivity index is 1.37. The van der Waals surface area contributed by atoms with E-state index in [0.717, 1.165) is 94.9 Å². The van der Waals surface area contributed by atoms with Crippen LogP contribution >= 0.6 is 0 Å². The van der Waals surface area contributed by atoms with Gasteiger partial charge in [-0.3, -0.25) is 9.78 Å². The summed E-state index contributed by atoms with van der Waals surface area (Å²) in [4.78, 5) is 36.2. The number of hydrogen-bond donors (Lipinski definition) is 2. The van der Waals surface area contributed by atoms with E-state index in [2.05, 4.69) is 130 Å². The Morgan fingerprint density at radius 2 is 0.914 bits per heavy atom. The number of carbonyl (C=O) groups excluding carboxylic acids is 1. The molecule has 274 valence electrons. The number of benzene rings is 4. The van der Waals surface area contributed by atoms with Crippen molar-refractivity contribution in [3.63, 3.8) is 0 Å². The van der Waals surface area contributed by atoms with E-state index in [1.54, 1.807) is 30.6 Å². The molecular weight excluding hydrogens is 711 g/mol. The lowest BCUT2D eigenvalue weighted by molar-refractivity contribution is 0.104. The van der Waals surface area contributed by atoms with Crippen LogP contribution in [0, 0.1) is 0 Å². The summed E-state index contributed by atoms with van der Waals surface area (Å²) < 4.78 is 0. The van der Waals surface area contributed by atoms with E-state index in [1.165, 1.54) is 0 Å². The molecule has 0 amide bonds. The van der Waals surface area contributed by atoms with Gasteiger partial charge in [0, 0.05) is 67.9 Å². The average molecular weight is 746 g/mol. The Kier molecular flexibility index (Phi) is 8.89. The molecule has 4 aromatic carbocycles. The largest absolute Gasteiger partial charge is 0.354 e. The average Bonchev–Trinajstić information content (AvgIpc) is 4.12. The van der Waals surface area contributed by atoms with E-state index in [1.807, 2.05) is 54.6 Å². The highest BCUT2D eigenvalue weighted by Crippen LogP contribution is 2.40. The Hall–Kier alpha value is -7.96. The van der Waals surface area contributed by atoms with Gasteiger partial charge in [-0.2, -0.15) is 0 Å². The Labute approximate surface area is 335 Å². The summed E-state index contributed by atoms with van der Waals surface area (Å²) >= 11 is 0. The first-order chi connectivity index (χ1) is 28.7. The Bertz CT molecular complexity index is 3090. The molecule has 2 aliphatic heterocycles. The van der Waals surface area contributed by atoms with Gasteiger partial charge in [-0.25, -0.2) is 9.97 Å². The van der Waals surface area contributed by atoms with Crippen LogP contribution in [0.3, 0.4) is 0 Å². The number of carbonyl (C=O) groups is 1. The molecule has 0 spiro atoms. The highest BCUT2D eigenvalue weighted by atomic mass is 16.1. The molecule has 8 bridgehead atoms. The van der Waals surface area contributed by atoms with Crippen LogP contribution in [-0.2, 0) is 0 Å². The molecule has 6 heteroatoms. The van der Waals surface area contributed by atoms with Crippen LogP contribution < -0.4 is 0 Å². The van der Waals surface area contributed by atoms with Crippen LogP contribution in [0.15, 0.2) is 182 Å². The topological polar surface area (TPSA) is 87.3 Å². The number of ketones is 1. The number of nitrogens with zero attached hydrogens (tertiary/aromatic N) is 3. The molecule has 0 unspecified atom stereocenters. The number of nitrogens with one attached hydrogen (secondary N) is 2. The van der Waals surface area contributed by atoms with Crippen molar-refractivity contribution in [3.05, 3.63) is 211 Å². The molecule has 58 heavy (non-hydrogen) atoms. The van der Waals surface area contributed by atoms with Crippen LogP contribution in [-0.4, -0.2) is 30.7 Å². The van der Waals surface area contributed by atoms with Gasteiger partial charge in [-0.15, -0.1) is 0 Å². The van der Waals surface area contributed by atoms with Crippen molar-refractivity contribution in [2.45, 2.75) is 0 Å². The van der Waals surface area contributed by atoms with Gasteiger partial charge < -0.3 is 9.97 Å². The molecule has 2 aliphatic rings. The first-order valence-corrected chi connectivity index (χ1v) is 19.2. The molecule has 10 rings (SSSR count). The maximum atomic E-state index is 13.5. The number of pyridine rings is 1. The summed E-state index contributed by atoms with van der Waals surface area (Å²) in [6, 6.07) is 53.4. The van der Waals surface area contributed by atoms with E-state index in [4.69, 9.17) is 9.97 Å². The zero-order valence-electron chi connectivity index (χ0n) is 31.3. The summed E-state index contributed by atoms with van der Waals surface area (Å²) in [6.07, 6.45) is 13.1. The number of allylic oxidation sites excluding steroid dienone is 3. The smallest absolute Gasteiger partial charge is 0.187 e. The van der Waals surface area contributed by atoms with Crippen LogP contribution in [0.1, 0.15) is 33.1 Å². The number of H-pyrrole nitrogens is 2. The van der Waals surface area contributed by atoms with Gasteiger partial charge in [0.25, 0.3) is 0 Å².